The monoisotopic (exact) mass is 257 g/mol. The molecule has 5 nitrogen and oxygen atoms in total. The van der Waals surface area contributed by atoms with Crippen molar-refractivity contribution in [2.45, 2.75) is 50.9 Å². The highest BCUT2D eigenvalue weighted by molar-refractivity contribution is 5.72. The largest absolute Gasteiger partial charge is 0.479 e. The van der Waals surface area contributed by atoms with Gasteiger partial charge < -0.3 is 14.6 Å². The third-order valence-corrected chi connectivity index (χ3v) is 3.92. The van der Waals surface area contributed by atoms with E-state index in [1.807, 2.05) is 6.92 Å². The number of aliphatic carboxylic acids is 1. The molecule has 3 atom stereocenters. The van der Waals surface area contributed by atoms with E-state index in [1.165, 1.54) is 12.8 Å². The summed E-state index contributed by atoms with van der Waals surface area (Å²) in [5, 5.41) is 9.05. The Morgan fingerprint density at radius 1 is 1.56 bits per heavy atom. The average molecular weight is 257 g/mol. The second-order valence-corrected chi connectivity index (χ2v) is 5.01. The first-order valence-electron chi connectivity index (χ1n) is 6.92. The lowest BCUT2D eigenvalue weighted by atomic mass is 10.1. The van der Waals surface area contributed by atoms with Crippen molar-refractivity contribution >= 4 is 5.97 Å². The predicted molar refractivity (Wildman–Crippen MR) is 66.6 cm³/mol. The van der Waals surface area contributed by atoms with Crippen LogP contribution in [0.2, 0.25) is 0 Å². The average Bonchev–Trinajstić information content (AvgIpc) is 2.82. The molecular weight excluding hydrogens is 234 g/mol. The van der Waals surface area contributed by atoms with Gasteiger partial charge in [0, 0.05) is 25.7 Å². The van der Waals surface area contributed by atoms with Crippen LogP contribution in [-0.2, 0) is 14.3 Å². The van der Waals surface area contributed by atoms with Crippen LogP contribution < -0.4 is 0 Å². The summed E-state index contributed by atoms with van der Waals surface area (Å²) in [6, 6.07) is 0.495. The smallest absolute Gasteiger partial charge is 0.332 e. The normalized spacial score (nSPS) is 30.1. The fourth-order valence-corrected chi connectivity index (χ4v) is 3.05. The number of carboxylic acids is 1. The molecule has 2 aliphatic rings. The van der Waals surface area contributed by atoms with E-state index in [1.54, 1.807) is 0 Å². The van der Waals surface area contributed by atoms with Crippen LogP contribution in [0.15, 0.2) is 0 Å². The van der Waals surface area contributed by atoms with E-state index >= 15 is 0 Å². The van der Waals surface area contributed by atoms with Gasteiger partial charge in [-0.1, -0.05) is 0 Å². The van der Waals surface area contributed by atoms with Crippen LogP contribution in [0, 0.1) is 0 Å². The van der Waals surface area contributed by atoms with Crippen LogP contribution in [0.5, 0.6) is 0 Å². The molecule has 1 saturated carbocycles. The lowest BCUT2D eigenvalue weighted by Crippen LogP contribution is -2.49. The molecule has 0 amide bonds. The maximum absolute atomic E-state index is 11.0. The highest BCUT2D eigenvalue weighted by atomic mass is 16.5. The Morgan fingerprint density at radius 2 is 2.39 bits per heavy atom. The molecule has 3 unspecified atom stereocenters. The molecule has 5 heteroatoms. The summed E-state index contributed by atoms with van der Waals surface area (Å²) in [7, 11) is 0. The quantitative estimate of drug-likeness (QED) is 0.772. The zero-order chi connectivity index (χ0) is 13.0. The van der Waals surface area contributed by atoms with Crippen molar-refractivity contribution < 1.29 is 19.4 Å². The molecule has 0 aromatic carbocycles. The Morgan fingerprint density at radius 3 is 3.11 bits per heavy atom. The minimum Gasteiger partial charge on any atom is -0.479 e. The number of fused-ring (bicyclic) bond motifs is 1. The van der Waals surface area contributed by atoms with Crippen LogP contribution in [0.4, 0.5) is 0 Å². The number of carbonyl (C=O) groups is 1. The Balaban J connectivity index is 1.82. The molecule has 0 radical (unpaired) electrons. The van der Waals surface area contributed by atoms with Gasteiger partial charge in [0.2, 0.25) is 0 Å². The Hall–Kier alpha value is -0.650. The molecule has 1 aliphatic heterocycles. The minimum absolute atomic E-state index is 0.370. The van der Waals surface area contributed by atoms with E-state index < -0.39 is 12.1 Å². The molecule has 0 aromatic rings. The van der Waals surface area contributed by atoms with E-state index in [0.29, 0.717) is 25.2 Å². The van der Waals surface area contributed by atoms with Crippen molar-refractivity contribution in [1.82, 2.24) is 4.90 Å². The zero-order valence-electron chi connectivity index (χ0n) is 11.0. The van der Waals surface area contributed by atoms with Crippen LogP contribution in [-0.4, -0.2) is 60.5 Å². The van der Waals surface area contributed by atoms with E-state index in [-0.39, 0.29) is 0 Å². The predicted octanol–water partition coefficient (Wildman–Crippen LogP) is 1.12. The van der Waals surface area contributed by atoms with Crippen molar-refractivity contribution in [3.05, 3.63) is 0 Å². The highest BCUT2D eigenvalue weighted by Gasteiger charge is 2.36. The van der Waals surface area contributed by atoms with Crippen molar-refractivity contribution in [1.29, 1.82) is 0 Å². The summed E-state index contributed by atoms with van der Waals surface area (Å²) in [4.78, 5) is 13.4. The van der Waals surface area contributed by atoms with Gasteiger partial charge in [0.1, 0.15) is 0 Å². The standard InChI is InChI=1S/C13H23NO4/c1-2-17-12(13(15)16)6-7-14-8-9-18-11-5-3-4-10(11)14/h10-12H,2-9H2,1H3,(H,15,16). The first kappa shape index (κ1) is 13.8. The summed E-state index contributed by atoms with van der Waals surface area (Å²) >= 11 is 0. The molecular formula is C13H23NO4. The molecule has 0 aromatic heterocycles. The van der Waals surface area contributed by atoms with E-state index in [2.05, 4.69) is 4.90 Å². The van der Waals surface area contributed by atoms with Gasteiger partial charge in [0.05, 0.1) is 12.7 Å². The number of carboxylic acid groups (broad SMARTS) is 1. The summed E-state index contributed by atoms with van der Waals surface area (Å²) in [5.74, 6) is -0.854. The summed E-state index contributed by atoms with van der Waals surface area (Å²) in [6.45, 7) is 4.76. The van der Waals surface area contributed by atoms with Gasteiger partial charge in [-0.3, -0.25) is 4.90 Å². The Kier molecular flexibility index (Phi) is 4.97. The molecule has 18 heavy (non-hydrogen) atoms. The first-order chi connectivity index (χ1) is 8.72. The number of hydrogen-bond donors (Lipinski definition) is 1. The van der Waals surface area contributed by atoms with Gasteiger partial charge in [0.15, 0.2) is 6.10 Å². The van der Waals surface area contributed by atoms with E-state index in [9.17, 15) is 4.79 Å². The molecule has 0 bridgehead atoms. The molecule has 2 fully saturated rings. The molecule has 1 heterocycles. The topological polar surface area (TPSA) is 59.0 Å². The van der Waals surface area contributed by atoms with Gasteiger partial charge in [0.25, 0.3) is 0 Å². The van der Waals surface area contributed by atoms with Crippen LogP contribution in [0.3, 0.4) is 0 Å². The molecule has 1 aliphatic carbocycles. The lowest BCUT2D eigenvalue weighted by molar-refractivity contribution is -0.151. The number of ether oxygens (including phenoxy) is 2. The zero-order valence-corrected chi connectivity index (χ0v) is 11.0. The lowest BCUT2D eigenvalue weighted by Gasteiger charge is -2.38. The van der Waals surface area contributed by atoms with Gasteiger partial charge >= 0.3 is 5.97 Å². The molecule has 2 rings (SSSR count). The third-order valence-electron chi connectivity index (χ3n) is 3.92. The van der Waals surface area contributed by atoms with E-state index in [4.69, 9.17) is 14.6 Å². The van der Waals surface area contributed by atoms with Gasteiger partial charge in [-0.05, 0) is 32.6 Å². The maximum atomic E-state index is 11.0. The van der Waals surface area contributed by atoms with Crippen LogP contribution in [0.25, 0.3) is 0 Å². The van der Waals surface area contributed by atoms with Crippen molar-refractivity contribution in [2.24, 2.45) is 0 Å². The van der Waals surface area contributed by atoms with E-state index in [0.717, 1.165) is 26.1 Å². The number of morpholine rings is 1. The van der Waals surface area contributed by atoms with Crippen molar-refractivity contribution in [2.75, 3.05) is 26.3 Å². The number of hydrogen-bond acceptors (Lipinski definition) is 4. The molecule has 104 valence electrons. The van der Waals surface area contributed by atoms with Crippen LogP contribution in [0.1, 0.15) is 32.6 Å². The van der Waals surface area contributed by atoms with Crippen molar-refractivity contribution in [3.63, 3.8) is 0 Å². The fraction of sp³-hybridized carbons (Fsp3) is 0.923. The molecule has 0 spiro atoms. The second-order valence-electron chi connectivity index (χ2n) is 5.01. The molecule has 1 saturated heterocycles. The maximum Gasteiger partial charge on any atom is 0.332 e. The molecule has 1 N–H and O–H groups in total. The highest BCUT2D eigenvalue weighted by Crippen LogP contribution is 2.29. The number of nitrogens with zero attached hydrogens (tertiary/aromatic N) is 1. The third kappa shape index (κ3) is 3.22. The summed E-state index contributed by atoms with van der Waals surface area (Å²) in [6.07, 6.45) is 3.81. The van der Waals surface area contributed by atoms with Crippen molar-refractivity contribution in [3.8, 4) is 0 Å². The minimum atomic E-state index is -0.854. The second kappa shape index (κ2) is 6.50. The SMILES string of the molecule is CCOC(CCN1CCOC2CCCC21)C(=O)O. The van der Waals surface area contributed by atoms with Gasteiger partial charge in [-0.2, -0.15) is 0 Å². The van der Waals surface area contributed by atoms with Gasteiger partial charge in [-0.15, -0.1) is 0 Å². The number of rotatable bonds is 6. The Labute approximate surface area is 108 Å². The summed E-state index contributed by atoms with van der Waals surface area (Å²) in [5.41, 5.74) is 0. The first-order valence-corrected chi connectivity index (χ1v) is 6.92. The van der Waals surface area contributed by atoms with Gasteiger partial charge in [-0.25, -0.2) is 4.79 Å². The van der Waals surface area contributed by atoms with Crippen LogP contribution >= 0.6 is 0 Å². The summed E-state index contributed by atoms with van der Waals surface area (Å²) < 4.78 is 11.0. The fourth-order valence-electron chi connectivity index (χ4n) is 3.05. The Bertz CT molecular complexity index is 284.